The zero-order chi connectivity index (χ0) is 16.9. The molecule has 1 aromatic rings. The zero-order valence-corrected chi connectivity index (χ0v) is 14.2. The molecule has 24 heavy (non-hydrogen) atoms. The van der Waals surface area contributed by atoms with E-state index in [9.17, 15) is 10.1 Å². The summed E-state index contributed by atoms with van der Waals surface area (Å²) in [6, 6.07) is 5.94. The van der Waals surface area contributed by atoms with Crippen molar-refractivity contribution in [2.24, 2.45) is 5.92 Å². The lowest BCUT2D eigenvalue weighted by molar-refractivity contribution is -0.136. The van der Waals surface area contributed by atoms with Crippen LogP contribution in [0.3, 0.4) is 0 Å². The van der Waals surface area contributed by atoms with E-state index in [1.54, 1.807) is 0 Å². The Morgan fingerprint density at radius 2 is 2.00 bits per heavy atom. The molecule has 2 aliphatic heterocycles. The number of ether oxygens (including phenoxy) is 1. The Hall–Kier alpha value is -2.13. The summed E-state index contributed by atoms with van der Waals surface area (Å²) < 4.78 is 5.30. The molecule has 0 radical (unpaired) electrons. The first-order chi connectivity index (χ1) is 11.7. The molecule has 1 aromatic heterocycles. The topological polar surface area (TPSA) is 69.5 Å². The lowest BCUT2D eigenvalue weighted by Crippen LogP contribution is -2.42. The fourth-order valence-electron chi connectivity index (χ4n) is 3.41. The van der Waals surface area contributed by atoms with Gasteiger partial charge in [-0.05, 0) is 37.8 Å². The first-order valence-corrected chi connectivity index (χ1v) is 8.65. The van der Waals surface area contributed by atoms with Crippen molar-refractivity contribution >= 4 is 11.7 Å². The number of aromatic nitrogens is 1. The normalized spacial score (nSPS) is 19.2. The maximum absolute atomic E-state index is 12.4. The zero-order valence-electron chi connectivity index (χ0n) is 14.2. The maximum atomic E-state index is 12.4. The first-order valence-electron chi connectivity index (χ1n) is 8.65. The van der Waals surface area contributed by atoms with Gasteiger partial charge in [-0.1, -0.05) is 0 Å². The van der Waals surface area contributed by atoms with E-state index >= 15 is 0 Å². The minimum absolute atomic E-state index is 0.253. The van der Waals surface area contributed by atoms with Crippen LogP contribution in [0.4, 0.5) is 5.82 Å². The lowest BCUT2D eigenvalue weighted by atomic mass is 9.92. The molecule has 6 heteroatoms. The van der Waals surface area contributed by atoms with Crippen LogP contribution >= 0.6 is 0 Å². The van der Waals surface area contributed by atoms with Crippen molar-refractivity contribution in [2.45, 2.75) is 26.2 Å². The van der Waals surface area contributed by atoms with E-state index in [0.29, 0.717) is 31.1 Å². The number of morpholine rings is 1. The molecule has 3 heterocycles. The highest BCUT2D eigenvalue weighted by Gasteiger charge is 2.26. The van der Waals surface area contributed by atoms with Gasteiger partial charge in [0.05, 0.1) is 18.8 Å². The van der Waals surface area contributed by atoms with Crippen molar-refractivity contribution in [3.63, 3.8) is 0 Å². The van der Waals surface area contributed by atoms with E-state index in [4.69, 9.17) is 4.74 Å². The molecule has 0 spiro atoms. The van der Waals surface area contributed by atoms with Crippen molar-refractivity contribution in [3.8, 4) is 6.07 Å². The Kier molecular flexibility index (Phi) is 5.31. The summed E-state index contributed by atoms with van der Waals surface area (Å²) in [5.74, 6) is 1.46. The quantitative estimate of drug-likeness (QED) is 0.845. The third-order valence-electron chi connectivity index (χ3n) is 4.88. The second kappa shape index (κ2) is 7.63. The van der Waals surface area contributed by atoms with Crippen LogP contribution < -0.4 is 4.90 Å². The number of hydrogen-bond donors (Lipinski definition) is 0. The van der Waals surface area contributed by atoms with E-state index in [2.05, 4.69) is 16.0 Å². The average Bonchev–Trinajstić information content (AvgIpc) is 2.63. The number of piperidine rings is 1. The van der Waals surface area contributed by atoms with Crippen LogP contribution in [0.5, 0.6) is 0 Å². The molecule has 0 unspecified atom stereocenters. The highest BCUT2D eigenvalue weighted by molar-refractivity contribution is 5.76. The molecule has 2 saturated heterocycles. The van der Waals surface area contributed by atoms with Crippen LogP contribution in [0.25, 0.3) is 0 Å². The van der Waals surface area contributed by atoms with Crippen molar-refractivity contribution in [1.82, 2.24) is 9.88 Å². The fourth-order valence-corrected chi connectivity index (χ4v) is 3.41. The van der Waals surface area contributed by atoms with Crippen molar-refractivity contribution in [1.29, 1.82) is 5.26 Å². The van der Waals surface area contributed by atoms with Gasteiger partial charge >= 0.3 is 0 Å². The number of nitriles is 1. The van der Waals surface area contributed by atoms with Crippen LogP contribution in [0.15, 0.2) is 12.1 Å². The number of rotatable bonds is 3. The summed E-state index contributed by atoms with van der Waals surface area (Å²) in [6.45, 7) is 6.39. The summed E-state index contributed by atoms with van der Waals surface area (Å²) in [5.41, 5.74) is 1.55. The molecule has 0 atom stereocenters. The van der Waals surface area contributed by atoms with Gasteiger partial charge in [0.1, 0.15) is 11.9 Å². The van der Waals surface area contributed by atoms with Gasteiger partial charge in [-0.25, -0.2) is 4.98 Å². The Labute approximate surface area is 143 Å². The molecule has 6 nitrogen and oxygen atoms in total. The molecule has 0 saturated carbocycles. The SMILES string of the molecule is Cc1ccc(C#N)c(N2CCC(CC(=O)N3CCOCC3)CC2)n1. The first kappa shape index (κ1) is 16.7. The van der Waals surface area contributed by atoms with E-state index in [1.807, 2.05) is 24.0 Å². The maximum Gasteiger partial charge on any atom is 0.223 e. The van der Waals surface area contributed by atoms with Crippen molar-refractivity contribution < 1.29 is 9.53 Å². The number of hydrogen-bond acceptors (Lipinski definition) is 5. The number of amides is 1. The standard InChI is InChI=1S/C18H24N4O2/c1-14-2-3-16(13-19)18(20-14)22-6-4-15(5-7-22)12-17(23)21-8-10-24-11-9-21/h2-3,15H,4-12H2,1H3. The summed E-state index contributed by atoms with van der Waals surface area (Å²) in [7, 11) is 0. The highest BCUT2D eigenvalue weighted by Crippen LogP contribution is 2.27. The Morgan fingerprint density at radius 1 is 1.29 bits per heavy atom. The third-order valence-corrected chi connectivity index (χ3v) is 4.88. The largest absolute Gasteiger partial charge is 0.378 e. The average molecular weight is 328 g/mol. The molecule has 1 amide bonds. The molecule has 2 aliphatic rings. The van der Waals surface area contributed by atoms with Crippen LogP contribution in [0.1, 0.15) is 30.5 Å². The monoisotopic (exact) mass is 328 g/mol. The van der Waals surface area contributed by atoms with Gasteiger partial charge < -0.3 is 14.5 Å². The molecule has 128 valence electrons. The van der Waals surface area contributed by atoms with Crippen LogP contribution in [0.2, 0.25) is 0 Å². The number of aryl methyl sites for hydroxylation is 1. The van der Waals surface area contributed by atoms with Crippen molar-refractivity contribution in [3.05, 3.63) is 23.4 Å². The van der Waals surface area contributed by atoms with Gasteiger partial charge in [-0.15, -0.1) is 0 Å². The molecule has 0 bridgehead atoms. The molecular formula is C18H24N4O2. The van der Waals surface area contributed by atoms with Gasteiger partial charge in [-0.2, -0.15) is 5.26 Å². The van der Waals surface area contributed by atoms with Crippen LogP contribution in [0, 0.1) is 24.2 Å². The summed E-state index contributed by atoms with van der Waals surface area (Å²) in [5, 5.41) is 9.28. The number of nitrogens with zero attached hydrogens (tertiary/aromatic N) is 4. The molecule has 2 fully saturated rings. The van der Waals surface area contributed by atoms with Gasteiger partial charge in [-0.3, -0.25) is 4.79 Å². The molecular weight excluding hydrogens is 304 g/mol. The minimum Gasteiger partial charge on any atom is -0.378 e. The second-order valence-corrected chi connectivity index (χ2v) is 6.56. The number of carbonyl (C=O) groups is 1. The Bertz CT molecular complexity index is 626. The van der Waals surface area contributed by atoms with Gasteiger partial charge in [0.15, 0.2) is 0 Å². The second-order valence-electron chi connectivity index (χ2n) is 6.56. The minimum atomic E-state index is 0.253. The predicted molar refractivity (Wildman–Crippen MR) is 90.6 cm³/mol. The highest BCUT2D eigenvalue weighted by atomic mass is 16.5. The van der Waals surface area contributed by atoms with E-state index in [0.717, 1.165) is 50.5 Å². The number of pyridine rings is 1. The van der Waals surface area contributed by atoms with Crippen LogP contribution in [-0.4, -0.2) is 55.2 Å². The summed E-state index contributed by atoms with van der Waals surface area (Å²) >= 11 is 0. The molecule has 0 aromatic carbocycles. The van der Waals surface area contributed by atoms with E-state index < -0.39 is 0 Å². The molecule has 0 aliphatic carbocycles. The smallest absolute Gasteiger partial charge is 0.223 e. The van der Waals surface area contributed by atoms with Gasteiger partial charge in [0.25, 0.3) is 0 Å². The van der Waals surface area contributed by atoms with E-state index in [-0.39, 0.29) is 5.91 Å². The van der Waals surface area contributed by atoms with Gasteiger partial charge in [0, 0.05) is 38.3 Å². The fraction of sp³-hybridized carbons (Fsp3) is 0.611. The third kappa shape index (κ3) is 3.85. The Morgan fingerprint density at radius 3 is 2.67 bits per heavy atom. The Balaban J connectivity index is 1.55. The van der Waals surface area contributed by atoms with E-state index in [1.165, 1.54) is 0 Å². The van der Waals surface area contributed by atoms with Crippen LogP contribution in [-0.2, 0) is 9.53 Å². The summed E-state index contributed by atoms with van der Waals surface area (Å²) in [4.78, 5) is 21.0. The predicted octanol–water partition coefficient (Wildman–Crippen LogP) is 1.73. The number of carbonyl (C=O) groups excluding carboxylic acids is 1. The lowest BCUT2D eigenvalue weighted by Gasteiger charge is -2.34. The number of anilines is 1. The molecule has 3 rings (SSSR count). The molecule has 0 N–H and O–H groups in total. The van der Waals surface area contributed by atoms with Crippen molar-refractivity contribution in [2.75, 3.05) is 44.3 Å². The van der Waals surface area contributed by atoms with Gasteiger partial charge in [0.2, 0.25) is 5.91 Å². The summed E-state index contributed by atoms with van der Waals surface area (Å²) in [6.07, 6.45) is 2.56.